The first-order valence-electron chi connectivity index (χ1n) is 12.6. The number of halogens is 1. The first kappa shape index (κ1) is 26.3. The molecule has 186 valence electrons. The summed E-state index contributed by atoms with van der Waals surface area (Å²) in [5.74, 6) is 2.57. The van der Waals surface area contributed by atoms with E-state index in [1.165, 1.54) is 19.3 Å². The maximum absolute atomic E-state index is 12.4. The third kappa shape index (κ3) is 7.32. The van der Waals surface area contributed by atoms with Gasteiger partial charge in [-0.15, -0.1) is 24.0 Å². The Bertz CT molecular complexity index is 725. The van der Waals surface area contributed by atoms with Crippen molar-refractivity contribution in [2.24, 2.45) is 10.9 Å². The molecule has 1 aromatic rings. The molecule has 0 radical (unpaired) electrons. The molecule has 1 aromatic heterocycles. The summed E-state index contributed by atoms with van der Waals surface area (Å²) in [5, 5.41) is 6.87. The van der Waals surface area contributed by atoms with E-state index in [-0.39, 0.29) is 30.0 Å². The lowest BCUT2D eigenvalue weighted by atomic mass is 9.84. The molecule has 4 rings (SSSR count). The van der Waals surface area contributed by atoms with E-state index in [1.807, 2.05) is 6.07 Å². The van der Waals surface area contributed by atoms with Gasteiger partial charge in [0, 0.05) is 51.7 Å². The Morgan fingerprint density at radius 1 is 1.12 bits per heavy atom. The highest BCUT2D eigenvalue weighted by Gasteiger charge is 2.31. The van der Waals surface area contributed by atoms with Gasteiger partial charge in [0.25, 0.3) is 0 Å². The molecule has 3 fully saturated rings. The zero-order valence-electron chi connectivity index (χ0n) is 20.0. The molecule has 1 unspecified atom stereocenters. The fourth-order valence-corrected chi connectivity index (χ4v) is 4.88. The largest absolute Gasteiger partial charge is 0.468 e. The Morgan fingerprint density at radius 2 is 1.88 bits per heavy atom. The van der Waals surface area contributed by atoms with Gasteiger partial charge in [0.1, 0.15) is 5.76 Å². The van der Waals surface area contributed by atoms with Crippen molar-refractivity contribution in [3.05, 3.63) is 24.2 Å². The molecule has 8 nitrogen and oxygen atoms in total. The molecule has 0 bridgehead atoms. The number of hydrogen-bond donors (Lipinski definition) is 2. The van der Waals surface area contributed by atoms with Crippen LogP contribution in [0.5, 0.6) is 0 Å². The van der Waals surface area contributed by atoms with E-state index in [0.717, 1.165) is 83.5 Å². The summed E-state index contributed by atoms with van der Waals surface area (Å²) in [6.45, 7) is 11.3. The highest BCUT2D eigenvalue weighted by Crippen LogP contribution is 2.28. The zero-order chi connectivity index (χ0) is 22.2. The maximum atomic E-state index is 12.4. The summed E-state index contributed by atoms with van der Waals surface area (Å²) in [6.07, 6.45) is 7.66. The topological polar surface area (TPSA) is 76.4 Å². The van der Waals surface area contributed by atoms with Gasteiger partial charge in [-0.1, -0.05) is 6.42 Å². The predicted octanol–water partition coefficient (Wildman–Crippen LogP) is 2.53. The maximum Gasteiger partial charge on any atom is 0.225 e. The van der Waals surface area contributed by atoms with Crippen molar-refractivity contribution >= 4 is 35.8 Å². The van der Waals surface area contributed by atoms with Crippen LogP contribution in [0.15, 0.2) is 27.8 Å². The fraction of sp³-hybridized carbons (Fsp3) is 0.750. The Labute approximate surface area is 215 Å². The van der Waals surface area contributed by atoms with Gasteiger partial charge in [-0.2, -0.15) is 0 Å². The van der Waals surface area contributed by atoms with E-state index in [2.05, 4.69) is 38.3 Å². The van der Waals surface area contributed by atoms with Gasteiger partial charge in [0.15, 0.2) is 5.96 Å². The highest BCUT2D eigenvalue weighted by atomic mass is 127. The third-order valence-corrected chi connectivity index (χ3v) is 7.08. The number of piperazine rings is 1. The van der Waals surface area contributed by atoms with Gasteiger partial charge in [-0.05, 0) is 57.8 Å². The highest BCUT2D eigenvalue weighted by molar-refractivity contribution is 14.0. The molecule has 3 heterocycles. The normalized spacial score (nSPS) is 21.4. The Morgan fingerprint density at radius 3 is 2.48 bits per heavy atom. The molecule has 1 amide bonds. The van der Waals surface area contributed by atoms with Crippen LogP contribution in [0.1, 0.15) is 50.8 Å². The number of carbonyl (C=O) groups excluding carboxylic acids is 1. The van der Waals surface area contributed by atoms with Crippen molar-refractivity contribution in [2.75, 3.05) is 65.4 Å². The minimum Gasteiger partial charge on any atom is -0.468 e. The SMILES string of the molecule is CCNC(=NCC(c1ccco1)N1CCCC1)NCCN1CCN(C(=O)C2CCC2)CC1.I. The monoisotopic (exact) mass is 572 g/mol. The number of amides is 1. The number of likely N-dealkylation sites (tertiary alicyclic amines) is 1. The van der Waals surface area contributed by atoms with Gasteiger partial charge < -0.3 is 20.0 Å². The number of furan rings is 1. The lowest BCUT2D eigenvalue weighted by Gasteiger charge is -2.38. The summed E-state index contributed by atoms with van der Waals surface area (Å²) in [7, 11) is 0. The summed E-state index contributed by atoms with van der Waals surface area (Å²) in [5.41, 5.74) is 0. The van der Waals surface area contributed by atoms with Crippen molar-refractivity contribution in [3.8, 4) is 0 Å². The average molecular weight is 573 g/mol. The van der Waals surface area contributed by atoms with Crippen molar-refractivity contribution in [3.63, 3.8) is 0 Å². The zero-order valence-corrected chi connectivity index (χ0v) is 22.3. The van der Waals surface area contributed by atoms with E-state index in [0.29, 0.717) is 18.4 Å². The molecule has 3 aliphatic rings. The van der Waals surface area contributed by atoms with Crippen LogP contribution in [0.2, 0.25) is 0 Å². The number of carbonyl (C=O) groups is 1. The summed E-state index contributed by atoms with van der Waals surface area (Å²) in [6, 6.07) is 4.23. The minimum atomic E-state index is 0. The van der Waals surface area contributed by atoms with Crippen LogP contribution in [0.25, 0.3) is 0 Å². The second-order valence-electron chi connectivity index (χ2n) is 9.22. The molecule has 0 spiro atoms. The number of rotatable bonds is 9. The van der Waals surface area contributed by atoms with Crippen LogP contribution in [-0.4, -0.2) is 92.0 Å². The van der Waals surface area contributed by atoms with Crippen LogP contribution < -0.4 is 10.6 Å². The van der Waals surface area contributed by atoms with Gasteiger partial charge >= 0.3 is 0 Å². The molecule has 2 saturated heterocycles. The molecule has 33 heavy (non-hydrogen) atoms. The lowest BCUT2D eigenvalue weighted by Crippen LogP contribution is -2.52. The van der Waals surface area contributed by atoms with Crippen LogP contribution in [-0.2, 0) is 4.79 Å². The second-order valence-corrected chi connectivity index (χ2v) is 9.22. The van der Waals surface area contributed by atoms with Crippen LogP contribution in [0.3, 0.4) is 0 Å². The van der Waals surface area contributed by atoms with Gasteiger partial charge in [-0.3, -0.25) is 19.6 Å². The molecule has 1 aliphatic carbocycles. The van der Waals surface area contributed by atoms with Gasteiger partial charge in [-0.25, -0.2) is 0 Å². The molecular formula is C24H41IN6O2. The van der Waals surface area contributed by atoms with Crippen molar-refractivity contribution in [2.45, 2.75) is 45.1 Å². The van der Waals surface area contributed by atoms with Crippen LogP contribution >= 0.6 is 24.0 Å². The lowest BCUT2D eigenvalue weighted by molar-refractivity contribution is -0.139. The molecular weight excluding hydrogens is 531 g/mol. The number of hydrogen-bond acceptors (Lipinski definition) is 5. The van der Waals surface area contributed by atoms with E-state index in [4.69, 9.17) is 9.41 Å². The first-order valence-corrected chi connectivity index (χ1v) is 12.6. The molecule has 9 heteroatoms. The van der Waals surface area contributed by atoms with Gasteiger partial charge in [0.2, 0.25) is 5.91 Å². The summed E-state index contributed by atoms with van der Waals surface area (Å²) >= 11 is 0. The van der Waals surface area contributed by atoms with E-state index in [9.17, 15) is 4.79 Å². The molecule has 2 aliphatic heterocycles. The Kier molecular flexibility index (Phi) is 10.8. The number of nitrogens with one attached hydrogen (secondary N) is 2. The van der Waals surface area contributed by atoms with E-state index >= 15 is 0 Å². The molecule has 2 N–H and O–H groups in total. The Balaban J connectivity index is 0.00000306. The standard InChI is InChI=1S/C24H40N6O2.HI/c1-2-25-24(27-19-21(22-9-6-18-32-22)29-11-3-4-12-29)26-10-13-28-14-16-30(17-15-28)23(31)20-7-5-8-20;/h6,9,18,20-21H,2-5,7-8,10-17,19H2,1H3,(H2,25,26,27);1H. The molecule has 1 atom stereocenters. The minimum absolute atomic E-state index is 0. The van der Waals surface area contributed by atoms with Gasteiger partial charge in [0.05, 0.1) is 18.8 Å². The van der Waals surface area contributed by atoms with Crippen LogP contribution in [0.4, 0.5) is 0 Å². The van der Waals surface area contributed by atoms with Crippen molar-refractivity contribution in [1.29, 1.82) is 0 Å². The number of nitrogens with zero attached hydrogens (tertiary/aromatic N) is 4. The smallest absolute Gasteiger partial charge is 0.225 e. The molecule has 0 aromatic carbocycles. The van der Waals surface area contributed by atoms with Crippen molar-refractivity contribution < 1.29 is 9.21 Å². The fourth-order valence-electron chi connectivity index (χ4n) is 4.88. The van der Waals surface area contributed by atoms with E-state index in [1.54, 1.807) is 6.26 Å². The number of guanidine groups is 1. The Hall–Kier alpha value is -1.33. The third-order valence-electron chi connectivity index (χ3n) is 7.08. The predicted molar refractivity (Wildman–Crippen MR) is 142 cm³/mol. The first-order chi connectivity index (χ1) is 15.7. The van der Waals surface area contributed by atoms with Crippen molar-refractivity contribution in [1.82, 2.24) is 25.3 Å². The quantitative estimate of drug-likeness (QED) is 0.269. The summed E-state index contributed by atoms with van der Waals surface area (Å²) < 4.78 is 5.73. The number of aliphatic imine (C=N–C) groups is 1. The summed E-state index contributed by atoms with van der Waals surface area (Å²) in [4.78, 5) is 24.3. The molecule has 1 saturated carbocycles. The average Bonchev–Trinajstić information content (AvgIpc) is 3.48. The van der Waals surface area contributed by atoms with E-state index < -0.39 is 0 Å². The second kappa shape index (κ2) is 13.5. The van der Waals surface area contributed by atoms with Crippen LogP contribution in [0, 0.1) is 5.92 Å².